The van der Waals surface area contributed by atoms with Gasteiger partial charge in [-0.25, -0.2) is 9.59 Å². The first kappa shape index (κ1) is 22.7. The molecule has 0 bridgehead atoms. The van der Waals surface area contributed by atoms with E-state index >= 15 is 0 Å². The van der Waals surface area contributed by atoms with Crippen molar-refractivity contribution in [2.45, 2.75) is 22.3 Å². The monoisotopic (exact) mass is 420 g/mol. The molecule has 3 rings (SSSR count). The van der Waals surface area contributed by atoms with Gasteiger partial charge in [-0.3, -0.25) is 0 Å². The van der Waals surface area contributed by atoms with Gasteiger partial charge in [0.1, 0.15) is 0 Å². The summed E-state index contributed by atoms with van der Waals surface area (Å²) in [7, 11) is 0. The maximum absolute atomic E-state index is 10.4. The summed E-state index contributed by atoms with van der Waals surface area (Å²) in [6, 6.07) is 16.6. The van der Waals surface area contributed by atoms with E-state index in [1.165, 1.54) is 9.79 Å². The summed E-state index contributed by atoms with van der Waals surface area (Å²) in [5.41, 5.74) is 2.29. The Morgan fingerprint density at radius 3 is 1.97 bits per heavy atom. The molecule has 5 N–H and O–H groups in total. The second-order valence-corrected chi connectivity index (χ2v) is 7.28. The highest BCUT2D eigenvalue weighted by Crippen LogP contribution is 2.47. The Kier molecular flexibility index (Phi) is 8.94. The Bertz CT molecular complexity index is 775. The third-order valence-electron chi connectivity index (χ3n) is 4.00. The lowest BCUT2D eigenvalue weighted by molar-refractivity contribution is -0.159. The number of benzene rings is 2. The van der Waals surface area contributed by atoms with E-state index in [-0.39, 0.29) is 6.61 Å². The number of carboxylic acid groups (broad SMARTS) is 2. The number of carbonyl (C=O) groups is 2. The molecular weight excluding hydrogens is 396 g/mol. The molecule has 2 aromatic carbocycles. The molecule has 1 unspecified atom stereocenters. The van der Waals surface area contributed by atoms with Crippen LogP contribution in [-0.2, 0) is 9.59 Å². The van der Waals surface area contributed by atoms with Crippen molar-refractivity contribution in [2.24, 2.45) is 0 Å². The van der Waals surface area contributed by atoms with Gasteiger partial charge >= 0.3 is 11.9 Å². The molecule has 0 saturated heterocycles. The number of rotatable bonds is 7. The zero-order valence-electron chi connectivity index (χ0n) is 15.7. The van der Waals surface area contributed by atoms with Crippen molar-refractivity contribution in [3.05, 3.63) is 48.5 Å². The van der Waals surface area contributed by atoms with Crippen molar-refractivity contribution >= 4 is 35.1 Å². The highest BCUT2D eigenvalue weighted by molar-refractivity contribution is 7.99. The van der Waals surface area contributed by atoms with Gasteiger partial charge in [0, 0.05) is 22.9 Å². The zero-order chi connectivity index (χ0) is 21.2. The SMILES string of the molecule is O=C(O)C(=O)O.OCCCNCC(O)CN1c2ccccc2Sc2ccccc21. The number of para-hydroxylation sites is 2. The van der Waals surface area contributed by atoms with Crippen molar-refractivity contribution < 1.29 is 30.0 Å². The van der Waals surface area contributed by atoms with Gasteiger partial charge < -0.3 is 30.6 Å². The molecule has 0 aliphatic carbocycles. The van der Waals surface area contributed by atoms with Crippen LogP contribution < -0.4 is 10.2 Å². The molecule has 0 amide bonds. The molecule has 2 aromatic rings. The Hall–Kier alpha value is -2.59. The number of aliphatic carboxylic acids is 2. The summed E-state index contributed by atoms with van der Waals surface area (Å²) in [4.78, 5) is 22.8. The van der Waals surface area contributed by atoms with Crippen LogP contribution in [0.15, 0.2) is 58.3 Å². The predicted octanol–water partition coefficient (Wildman–Crippen LogP) is 1.78. The lowest BCUT2D eigenvalue weighted by atomic mass is 10.2. The van der Waals surface area contributed by atoms with Crippen LogP contribution >= 0.6 is 11.8 Å². The van der Waals surface area contributed by atoms with Crippen molar-refractivity contribution in [2.75, 3.05) is 31.1 Å². The number of anilines is 2. The first-order valence-electron chi connectivity index (χ1n) is 9.03. The predicted molar refractivity (Wildman–Crippen MR) is 110 cm³/mol. The minimum absolute atomic E-state index is 0.174. The molecule has 156 valence electrons. The van der Waals surface area contributed by atoms with Gasteiger partial charge in [0.25, 0.3) is 0 Å². The van der Waals surface area contributed by atoms with Crippen molar-refractivity contribution in [1.29, 1.82) is 0 Å². The topological polar surface area (TPSA) is 130 Å². The number of nitrogens with one attached hydrogen (secondary N) is 1. The van der Waals surface area contributed by atoms with Crippen LogP contribution in [0.2, 0.25) is 0 Å². The quantitative estimate of drug-likeness (QED) is 0.336. The molecule has 1 aliphatic rings. The molecule has 0 spiro atoms. The van der Waals surface area contributed by atoms with E-state index in [2.05, 4.69) is 34.5 Å². The summed E-state index contributed by atoms with van der Waals surface area (Å²) in [5, 5.41) is 37.1. The summed E-state index contributed by atoms with van der Waals surface area (Å²) in [6.07, 6.45) is 0.233. The maximum Gasteiger partial charge on any atom is 0.414 e. The largest absolute Gasteiger partial charge is 0.473 e. The molecule has 1 atom stereocenters. The Balaban J connectivity index is 0.000000438. The van der Waals surface area contributed by atoms with Crippen molar-refractivity contribution in [1.82, 2.24) is 5.32 Å². The number of aliphatic hydroxyl groups is 2. The Morgan fingerprint density at radius 1 is 0.966 bits per heavy atom. The summed E-state index contributed by atoms with van der Waals surface area (Å²) in [6.45, 7) is 1.96. The summed E-state index contributed by atoms with van der Waals surface area (Å²) < 4.78 is 0. The number of β-amino-alcohol motifs (C(OH)–C–C–N with tert-alkyl or cyclic N) is 1. The lowest BCUT2D eigenvalue weighted by Crippen LogP contribution is -2.37. The van der Waals surface area contributed by atoms with Gasteiger partial charge in [-0.05, 0) is 37.2 Å². The van der Waals surface area contributed by atoms with Crippen molar-refractivity contribution in [3.63, 3.8) is 0 Å². The average Bonchev–Trinajstić information content (AvgIpc) is 2.71. The van der Waals surface area contributed by atoms with Crippen LogP contribution in [0.4, 0.5) is 11.4 Å². The van der Waals surface area contributed by atoms with Gasteiger partial charge in [-0.2, -0.15) is 0 Å². The Morgan fingerprint density at radius 2 is 1.48 bits per heavy atom. The van der Waals surface area contributed by atoms with E-state index < -0.39 is 18.0 Å². The summed E-state index contributed by atoms with van der Waals surface area (Å²) in [5.74, 6) is -3.65. The first-order valence-corrected chi connectivity index (χ1v) is 9.85. The zero-order valence-corrected chi connectivity index (χ0v) is 16.5. The van der Waals surface area contributed by atoms with Crippen LogP contribution in [0.3, 0.4) is 0 Å². The van der Waals surface area contributed by atoms with Gasteiger partial charge in [0.05, 0.1) is 24.0 Å². The fourth-order valence-electron chi connectivity index (χ4n) is 2.73. The van der Waals surface area contributed by atoms with E-state index in [1.54, 1.807) is 11.8 Å². The fraction of sp³-hybridized carbons (Fsp3) is 0.300. The van der Waals surface area contributed by atoms with E-state index in [0.29, 0.717) is 19.5 Å². The minimum Gasteiger partial charge on any atom is -0.473 e. The molecule has 1 aliphatic heterocycles. The summed E-state index contributed by atoms with van der Waals surface area (Å²) >= 11 is 1.77. The number of aliphatic hydroxyl groups excluding tert-OH is 2. The second-order valence-electron chi connectivity index (χ2n) is 6.19. The maximum atomic E-state index is 10.4. The van der Waals surface area contributed by atoms with E-state index in [9.17, 15) is 5.11 Å². The molecule has 9 heteroatoms. The third-order valence-corrected chi connectivity index (χ3v) is 5.13. The molecular formula is C20H24N2O6S. The molecule has 0 radical (unpaired) electrons. The molecule has 0 fully saturated rings. The molecule has 0 aromatic heterocycles. The molecule has 1 heterocycles. The van der Waals surface area contributed by atoms with Crippen LogP contribution in [0.5, 0.6) is 0 Å². The molecule has 0 saturated carbocycles. The number of hydrogen-bond acceptors (Lipinski definition) is 7. The number of fused-ring (bicyclic) bond motifs is 2. The standard InChI is InChI=1S/C18H22N2O2S.C2H2O4/c21-11-5-10-19-12-14(22)13-20-15-6-1-3-8-17(15)23-18-9-4-2-7-16(18)20;3-1(4)2(5)6/h1-4,6-9,14,19,21-22H,5,10-13H2;(H,3,4)(H,5,6). The van der Waals surface area contributed by atoms with Crippen LogP contribution in [-0.4, -0.2) is 64.7 Å². The van der Waals surface area contributed by atoms with Gasteiger partial charge in [0.2, 0.25) is 0 Å². The third kappa shape index (κ3) is 6.75. The number of hydrogen-bond donors (Lipinski definition) is 5. The highest BCUT2D eigenvalue weighted by atomic mass is 32.2. The highest BCUT2D eigenvalue weighted by Gasteiger charge is 2.24. The number of nitrogens with zero attached hydrogens (tertiary/aromatic N) is 1. The smallest absolute Gasteiger partial charge is 0.414 e. The second kappa shape index (κ2) is 11.4. The fourth-order valence-corrected chi connectivity index (χ4v) is 3.82. The van der Waals surface area contributed by atoms with Crippen LogP contribution in [0, 0.1) is 0 Å². The lowest BCUT2D eigenvalue weighted by Gasteiger charge is -2.34. The number of carboxylic acids is 2. The van der Waals surface area contributed by atoms with Crippen molar-refractivity contribution in [3.8, 4) is 0 Å². The Labute approximate surface area is 172 Å². The van der Waals surface area contributed by atoms with E-state index in [0.717, 1.165) is 17.9 Å². The van der Waals surface area contributed by atoms with Gasteiger partial charge in [-0.1, -0.05) is 36.0 Å². The van der Waals surface area contributed by atoms with E-state index in [4.69, 9.17) is 24.9 Å². The normalized spacial score (nSPS) is 12.8. The molecule has 29 heavy (non-hydrogen) atoms. The molecule has 8 nitrogen and oxygen atoms in total. The van der Waals surface area contributed by atoms with Crippen LogP contribution in [0.25, 0.3) is 0 Å². The van der Waals surface area contributed by atoms with Gasteiger partial charge in [-0.15, -0.1) is 0 Å². The van der Waals surface area contributed by atoms with E-state index in [1.807, 2.05) is 24.3 Å². The van der Waals surface area contributed by atoms with Crippen LogP contribution in [0.1, 0.15) is 6.42 Å². The minimum atomic E-state index is -1.82. The average molecular weight is 420 g/mol. The first-order chi connectivity index (χ1) is 13.9. The van der Waals surface area contributed by atoms with Gasteiger partial charge in [0.15, 0.2) is 0 Å².